The first-order chi connectivity index (χ1) is 7.93. The molecule has 0 saturated carbocycles. The van der Waals surface area contributed by atoms with Crippen LogP contribution in [0, 0.1) is 0 Å². The largest absolute Gasteiger partial charge is 0.488 e. The Bertz CT molecular complexity index is 372. The summed E-state index contributed by atoms with van der Waals surface area (Å²) in [6.07, 6.45) is 3.74. The maximum absolute atomic E-state index is 6.10. The van der Waals surface area contributed by atoms with Gasteiger partial charge in [-0.2, -0.15) is 0 Å². The van der Waals surface area contributed by atoms with Gasteiger partial charge in [0.05, 0.1) is 5.69 Å². The molecule has 0 spiro atoms. The van der Waals surface area contributed by atoms with Crippen molar-refractivity contribution in [2.45, 2.75) is 25.4 Å². The van der Waals surface area contributed by atoms with Crippen LogP contribution in [0.25, 0.3) is 0 Å². The molecule has 1 aromatic carbocycles. The van der Waals surface area contributed by atoms with E-state index in [1.165, 1.54) is 11.3 Å². The summed E-state index contributed by atoms with van der Waals surface area (Å²) in [7, 11) is 0. The Morgan fingerprint density at radius 3 is 2.88 bits per heavy atom. The van der Waals surface area contributed by atoms with Crippen LogP contribution in [-0.2, 0) is 6.42 Å². The zero-order valence-corrected chi connectivity index (χ0v) is 9.46. The average molecular weight is 218 g/mol. The Kier molecular flexibility index (Phi) is 2.70. The lowest BCUT2D eigenvalue weighted by molar-refractivity contribution is 0.163. The van der Waals surface area contributed by atoms with Crippen molar-refractivity contribution in [1.82, 2.24) is 5.32 Å². The van der Waals surface area contributed by atoms with Gasteiger partial charge in [-0.05, 0) is 44.0 Å². The number of nitrogens with one attached hydrogen (secondary N) is 2. The van der Waals surface area contributed by atoms with E-state index in [9.17, 15) is 0 Å². The van der Waals surface area contributed by atoms with Crippen LogP contribution in [0.1, 0.15) is 18.4 Å². The molecular weight excluding hydrogens is 200 g/mol. The number of para-hydroxylation sites is 1. The molecule has 2 aliphatic heterocycles. The van der Waals surface area contributed by atoms with Crippen molar-refractivity contribution >= 4 is 5.69 Å². The smallest absolute Gasteiger partial charge is 0.143 e. The van der Waals surface area contributed by atoms with E-state index < -0.39 is 0 Å². The summed E-state index contributed by atoms with van der Waals surface area (Å²) in [5.74, 6) is 1.04. The molecule has 1 fully saturated rings. The number of hydrogen-bond donors (Lipinski definition) is 2. The molecule has 1 saturated heterocycles. The van der Waals surface area contributed by atoms with Gasteiger partial charge < -0.3 is 15.4 Å². The van der Waals surface area contributed by atoms with E-state index >= 15 is 0 Å². The van der Waals surface area contributed by atoms with Gasteiger partial charge in [-0.3, -0.25) is 0 Å². The van der Waals surface area contributed by atoms with Crippen LogP contribution in [-0.4, -0.2) is 25.7 Å². The van der Waals surface area contributed by atoms with Crippen molar-refractivity contribution in [3.05, 3.63) is 23.8 Å². The minimum atomic E-state index is 0.384. The van der Waals surface area contributed by atoms with Crippen LogP contribution >= 0.6 is 0 Å². The molecule has 0 aliphatic carbocycles. The predicted molar refractivity (Wildman–Crippen MR) is 65.2 cm³/mol. The Labute approximate surface area is 96.2 Å². The monoisotopic (exact) mass is 218 g/mol. The second-order valence-electron chi connectivity index (χ2n) is 4.53. The molecule has 16 heavy (non-hydrogen) atoms. The Morgan fingerprint density at radius 2 is 2.00 bits per heavy atom. The first-order valence-electron chi connectivity index (χ1n) is 6.16. The topological polar surface area (TPSA) is 33.3 Å². The van der Waals surface area contributed by atoms with E-state index in [-0.39, 0.29) is 0 Å². The standard InChI is InChI=1S/C13H18N2O/c1-2-10-4-9-15-13(10)12(3-1)16-11-5-7-14-8-6-11/h1-3,11,14-15H,4-9H2. The molecule has 2 N–H and O–H groups in total. The molecule has 0 unspecified atom stereocenters. The van der Waals surface area contributed by atoms with Gasteiger partial charge in [-0.15, -0.1) is 0 Å². The number of ether oxygens (including phenoxy) is 1. The molecular formula is C13H18N2O. The van der Waals surface area contributed by atoms with Gasteiger partial charge in [0.15, 0.2) is 0 Å². The highest BCUT2D eigenvalue weighted by Gasteiger charge is 2.19. The lowest BCUT2D eigenvalue weighted by Crippen LogP contribution is -2.34. The van der Waals surface area contributed by atoms with Crippen LogP contribution in [0.4, 0.5) is 5.69 Å². The number of anilines is 1. The third-order valence-electron chi connectivity index (χ3n) is 3.39. The molecule has 1 aromatic rings. The molecule has 2 heterocycles. The van der Waals surface area contributed by atoms with E-state index in [2.05, 4.69) is 28.8 Å². The SMILES string of the molecule is c1cc2c(c(OC3CCNCC3)c1)NCC2. The number of rotatable bonds is 2. The molecule has 0 atom stereocenters. The molecule has 0 bridgehead atoms. The van der Waals surface area contributed by atoms with Crippen molar-refractivity contribution in [3.8, 4) is 5.75 Å². The maximum Gasteiger partial charge on any atom is 0.143 e. The molecule has 3 heteroatoms. The normalized spacial score (nSPS) is 20.2. The Morgan fingerprint density at radius 1 is 1.12 bits per heavy atom. The van der Waals surface area contributed by atoms with E-state index in [0.29, 0.717) is 6.10 Å². The van der Waals surface area contributed by atoms with E-state index in [4.69, 9.17) is 4.74 Å². The van der Waals surface area contributed by atoms with Gasteiger partial charge >= 0.3 is 0 Å². The van der Waals surface area contributed by atoms with Crippen molar-refractivity contribution in [2.75, 3.05) is 25.0 Å². The first kappa shape index (κ1) is 9.97. The van der Waals surface area contributed by atoms with Crippen LogP contribution in [0.5, 0.6) is 5.75 Å². The quantitative estimate of drug-likeness (QED) is 0.794. The predicted octanol–water partition coefficient (Wildman–Crippen LogP) is 1.79. The summed E-state index contributed by atoms with van der Waals surface area (Å²) in [4.78, 5) is 0. The second kappa shape index (κ2) is 4.34. The third kappa shape index (κ3) is 1.87. The number of piperidine rings is 1. The summed E-state index contributed by atoms with van der Waals surface area (Å²) < 4.78 is 6.10. The van der Waals surface area contributed by atoms with Crippen LogP contribution in [0.15, 0.2) is 18.2 Å². The summed E-state index contributed by atoms with van der Waals surface area (Å²) in [5.41, 5.74) is 2.62. The van der Waals surface area contributed by atoms with Crippen LogP contribution in [0.2, 0.25) is 0 Å². The van der Waals surface area contributed by atoms with Gasteiger partial charge in [-0.1, -0.05) is 12.1 Å². The molecule has 2 aliphatic rings. The number of hydrogen-bond acceptors (Lipinski definition) is 3. The van der Waals surface area contributed by atoms with Crippen molar-refractivity contribution in [3.63, 3.8) is 0 Å². The third-order valence-corrected chi connectivity index (χ3v) is 3.39. The summed E-state index contributed by atoms with van der Waals surface area (Å²) in [6.45, 7) is 3.20. The number of benzene rings is 1. The Hall–Kier alpha value is -1.22. The number of fused-ring (bicyclic) bond motifs is 1. The highest BCUT2D eigenvalue weighted by Crippen LogP contribution is 2.33. The van der Waals surface area contributed by atoms with Crippen molar-refractivity contribution in [2.24, 2.45) is 0 Å². The van der Waals surface area contributed by atoms with E-state index in [0.717, 1.165) is 44.6 Å². The highest BCUT2D eigenvalue weighted by atomic mass is 16.5. The van der Waals surface area contributed by atoms with Crippen LogP contribution in [0.3, 0.4) is 0 Å². The first-order valence-corrected chi connectivity index (χ1v) is 6.16. The second-order valence-corrected chi connectivity index (χ2v) is 4.53. The van der Waals surface area contributed by atoms with Gasteiger partial charge in [0.25, 0.3) is 0 Å². The highest BCUT2D eigenvalue weighted by molar-refractivity contribution is 5.65. The average Bonchev–Trinajstić information content (AvgIpc) is 2.80. The van der Waals surface area contributed by atoms with Gasteiger partial charge in [0.2, 0.25) is 0 Å². The summed E-state index contributed by atoms with van der Waals surface area (Å²) in [6, 6.07) is 6.37. The molecule has 0 radical (unpaired) electrons. The molecule has 3 rings (SSSR count). The summed E-state index contributed by atoms with van der Waals surface area (Å²) >= 11 is 0. The van der Waals surface area contributed by atoms with Gasteiger partial charge in [0, 0.05) is 6.54 Å². The fourth-order valence-corrected chi connectivity index (χ4v) is 2.50. The molecule has 0 aromatic heterocycles. The molecule has 0 amide bonds. The zero-order chi connectivity index (χ0) is 10.8. The van der Waals surface area contributed by atoms with Gasteiger partial charge in [-0.25, -0.2) is 0 Å². The maximum atomic E-state index is 6.10. The van der Waals surface area contributed by atoms with Crippen molar-refractivity contribution in [1.29, 1.82) is 0 Å². The van der Waals surface area contributed by atoms with E-state index in [1.807, 2.05) is 0 Å². The fraction of sp³-hybridized carbons (Fsp3) is 0.538. The minimum Gasteiger partial charge on any atom is -0.488 e. The molecule has 86 valence electrons. The van der Waals surface area contributed by atoms with Crippen molar-refractivity contribution < 1.29 is 4.74 Å². The fourth-order valence-electron chi connectivity index (χ4n) is 2.50. The lowest BCUT2D eigenvalue weighted by Gasteiger charge is -2.24. The zero-order valence-electron chi connectivity index (χ0n) is 9.46. The van der Waals surface area contributed by atoms with E-state index in [1.54, 1.807) is 0 Å². The summed E-state index contributed by atoms with van der Waals surface area (Å²) in [5, 5.41) is 6.77. The molecule has 3 nitrogen and oxygen atoms in total. The Balaban J connectivity index is 1.76. The van der Waals surface area contributed by atoms with Gasteiger partial charge in [0.1, 0.15) is 11.9 Å². The van der Waals surface area contributed by atoms with Crippen LogP contribution < -0.4 is 15.4 Å². The minimum absolute atomic E-state index is 0.384. The lowest BCUT2D eigenvalue weighted by atomic mass is 10.1.